The number of nitrogens with two attached hydrogens (primary N) is 1. The molecule has 1 aliphatic rings. The summed E-state index contributed by atoms with van der Waals surface area (Å²) in [5.74, 6) is 1.06. The largest absolute Gasteiger partial charge is 0.328 e. The Labute approximate surface area is 191 Å². The second kappa shape index (κ2) is 8.60. The Morgan fingerprint density at radius 1 is 1.12 bits per heavy atom. The maximum Gasteiger partial charge on any atom is 0.164 e. The standard InChI is InChI=1S/C23H26N10/c1-15(2)33(31-14-21(29-30-31)17-3-5-19(25)6-4-17)20-7-8-22(26-13-20)32-23-18(12-28-32)9-16(10-24)11-27-23/h7-9,11-15,17,19H,3-6,25H2,1-2H3. The Morgan fingerprint density at radius 3 is 2.64 bits per heavy atom. The molecule has 4 aromatic rings. The molecule has 1 saturated carbocycles. The third-order valence-electron chi connectivity index (χ3n) is 6.15. The fourth-order valence-corrected chi connectivity index (χ4v) is 4.42. The second-order valence-corrected chi connectivity index (χ2v) is 8.79. The Balaban J connectivity index is 1.41. The van der Waals surface area contributed by atoms with Crippen LogP contribution in [-0.2, 0) is 0 Å². The van der Waals surface area contributed by atoms with Gasteiger partial charge in [0.15, 0.2) is 11.5 Å². The van der Waals surface area contributed by atoms with Crippen LogP contribution >= 0.6 is 0 Å². The molecular formula is C23H26N10. The van der Waals surface area contributed by atoms with Crippen LogP contribution < -0.4 is 10.7 Å². The van der Waals surface area contributed by atoms with E-state index >= 15 is 0 Å². The molecule has 0 unspecified atom stereocenters. The van der Waals surface area contributed by atoms with Gasteiger partial charge in [0.25, 0.3) is 0 Å². The molecule has 33 heavy (non-hydrogen) atoms. The highest BCUT2D eigenvalue weighted by molar-refractivity contribution is 5.77. The Morgan fingerprint density at radius 2 is 1.94 bits per heavy atom. The third kappa shape index (κ3) is 4.03. The van der Waals surface area contributed by atoms with Gasteiger partial charge in [0, 0.05) is 29.6 Å². The predicted molar refractivity (Wildman–Crippen MR) is 124 cm³/mol. The molecule has 0 spiro atoms. The minimum absolute atomic E-state index is 0.142. The summed E-state index contributed by atoms with van der Waals surface area (Å²) in [5, 5.41) is 25.2. The zero-order valence-corrected chi connectivity index (χ0v) is 18.7. The molecule has 0 aromatic carbocycles. The number of anilines is 1. The molecule has 5 rings (SSSR count). The maximum absolute atomic E-state index is 9.08. The van der Waals surface area contributed by atoms with Gasteiger partial charge < -0.3 is 5.73 Å². The average molecular weight is 443 g/mol. The van der Waals surface area contributed by atoms with Crippen LogP contribution in [0.15, 0.2) is 43.0 Å². The summed E-state index contributed by atoms with van der Waals surface area (Å²) in [5.41, 5.74) is 9.12. The first-order chi connectivity index (χ1) is 16.0. The Kier molecular flexibility index (Phi) is 5.48. The first-order valence-electron chi connectivity index (χ1n) is 11.2. The number of nitriles is 1. The van der Waals surface area contributed by atoms with Gasteiger partial charge in [0.2, 0.25) is 0 Å². The van der Waals surface area contributed by atoms with Crippen molar-refractivity contribution in [2.24, 2.45) is 5.73 Å². The Bertz CT molecular complexity index is 1290. The lowest BCUT2D eigenvalue weighted by Crippen LogP contribution is -2.36. The number of aromatic nitrogens is 7. The normalized spacial score (nSPS) is 18.5. The van der Waals surface area contributed by atoms with Gasteiger partial charge in [0.1, 0.15) is 6.07 Å². The highest BCUT2D eigenvalue weighted by Gasteiger charge is 2.24. The van der Waals surface area contributed by atoms with Crippen LogP contribution in [0.4, 0.5) is 5.69 Å². The first kappa shape index (κ1) is 21.0. The molecule has 0 radical (unpaired) electrons. The molecule has 4 aromatic heterocycles. The third-order valence-corrected chi connectivity index (χ3v) is 6.15. The molecule has 0 atom stereocenters. The smallest absolute Gasteiger partial charge is 0.164 e. The summed E-state index contributed by atoms with van der Waals surface area (Å²) in [7, 11) is 0. The van der Waals surface area contributed by atoms with E-state index in [1.165, 1.54) is 6.20 Å². The molecule has 0 saturated heterocycles. The van der Waals surface area contributed by atoms with E-state index < -0.39 is 0 Å². The lowest BCUT2D eigenvalue weighted by Gasteiger charge is -2.28. The number of rotatable bonds is 5. The summed E-state index contributed by atoms with van der Waals surface area (Å²) in [4.78, 5) is 10.8. The number of hydrogen-bond acceptors (Lipinski definition) is 8. The molecule has 0 bridgehead atoms. The average Bonchev–Trinajstić information content (AvgIpc) is 3.47. The SMILES string of the molecule is CC(C)N(c1ccc(-n2ncc3cc(C#N)cnc32)nc1)n1cc(C2CCC(N)CC2)nn1. The van der Waals surface area contributed by atoms with Crippen LogP contribution in [0.5, 0.6) is 0 Å². The highest BCUT2D eigenvalue weighted by atomic mass is 15.7. The van der Waals surface area contributed by atoms with E-state index in [2.05, 4.69) is 50.3 Å². The van der Waals surface area contributed by atoms with Crippen molar-refractivity contribution < 1.29 is 0 Å². The minimum Gasteiger partial charge on any atom is -0.328 e. The zero-order valence-electron chi connectivity index (χ0n) is 18.7. The van der Waals surface area contributed by atoms with Crippen LogP contribution in [0.2, 0.25) is 0 Å². The molecule has 0 amide bonds. The van der Waals surface area contributed by atoms with Crippen molar-refractivity contribution in [3.8, 4) is 11.9 Å². The first-order valence-corrected chi connectivity index (χ1v) is 11.2. The van der Waals surface area contributed by atoms with Gasteiger partial charge >= 0.3 is 0 Å². The van der Waals surface area contributed by atoms with Crippen LogP contribution in [0, 0.1) is 11.3 Å². The zero-order chi connectivity index (χ0) is 22.9. The van der Waals surface area contributed by atoms with Crippen molar-refractivity contribution >= 4 is 16.7 Å². The van der Waals surface area contributed by atoms with E-state index in [0.717, 1.165) is 42.5 Å². The summed E-state index contributed by atoms with van der Waals surface area (Å²) in [6.07, 6.45) is 11.2. The second-order valence-electron chi connectivity index (χ2n) is 8.79. The van der Waals surface area contributed by atoms with E-state index in [1.54, 1.807) is 27.9 Å². The van der Waals surface area contributed by atoms with Crippen LogP contribution in [0.1, 0.15) is 56.7 Å². The summed E-state index contributed by atoms with van der Waals surface area (Å²) >= 11 is 0. The number of fused-ring (bicyclic) bond motifs is 1. The van der Waals surface area contributed by atoms with Gasteiger partial charge in [0.05, 0.1) is 35.5 Å². The number of hydrogen-bond donors (Lipinski definition) is 1. The van der Waals surface area contributed by atoms with Crippen molar-refractivity contribution in [1.82, 2.24) is 34.9 Å². The van der Waals surface area contributed by atoms with Crippen LogP contribution in [0.3, 0.4) is 0 Å². The van der Waals surface area contributed by atoms with E-state index in [-0.39, 0.29) is 6.04 Å². The number of pyridine rings is 2. The minimum atomic E-state index is 0.142. The van der Waals surface area contributed by atoms with Gasteiger partial charge in [-0.05, 0) is 62.9 Å². The molecule has 1 aliphatic carbocycles. The molecule has 0 aliphatic heterocycles. The van der Waals surface area contributed by atoms with E-state index in [9.17, 15) is 0 Å². The van der Waals surface area contributed by atoms with Crippen molar-refractivity contribution in [3.05, 3.63) is 54.2 Å². The predicted octanol–water partition coefficient (Wildman–Crippen LogP) is 2.94. The lowest BCUT2D eigenvalue weighted by molar-refractivity contribution is 0.390. The van der Waals surface area contributed by atoms with E-state index in [0.29, 0.717) is 29.0 Å². The maximum atomic E-state index is 9.08. The summed E-state index contributed by atoms with van der Waals surface area (Å²) in [6, 6.07) is 8.20. The molecule has 2 N–H and O–H groups in total. The monoisotopic (exact) mass is 442 g/mol. The van der Waals surface area contributed by atoms with Crippen LogP contribution in [-0.4, -0.2) is 46.9 Å². The fourth-order valence-electron chi connectivity index (χ4n) is 4.42. The Hall–Kier alpha value is -3.84. The summed E-state index contributed by atoms with van der Waals surface area (Å²) < 4.78 is 1.67. The van der Waals surface area contributed by atoms with Gasteiger partial charge in [-0.15, -0.1) is 5.10 Å². The van der Waals surface area contributed by atoms with Crippen molar-refractivity contribution in [3.63, 3.8) is 0 Å². The topological polar surface area (TPSA) is 127 Å². The van der Waals surface area contributed by atoms with Gasteiger partial charge in [-0.25, -0.2) is 9.97 Å². The molecule has 10 nitrogen and oxygen atoms in total. The van der Waals surface area contributed by atoms with Gasteiger partial charge in [-0.1, -0.05) is 0 Å². The highest BCUT2D eigenvalue weighted by Crippen LogP contribution is 2.31. The van der Waals surface area contributed by atoms with E-state index in [1.807, 2.05) is 18.3 Å². The molecule has 1 fully saturated rings. The fraction of sp³-hybridized carbons (Fsp3) is 0.391. The lowest BCUT2D eigenvalue weighted by atomic mass is 9.85. The quantitative estimate of drug-likeness (QED) is 0.500. The van der Waals surface area contributed by atoms with Crippen molar-refractivity contribution in [1.29, 1.82) is 5.26 Å². The van der Waals surface area contributed by atoms with E-state index in [4.69, 9.17) is 11.0 Å². The molecule has 10 heteroatoms. The van der Waals surface area contributed by atoms with Crippen molar-refractivity contribution in [2.75, 3.05) is 5.01 Å². The van der Waals surface area contributed by atoms with Crippen LogP contribution in [0.25, 0.3) is 16.9 Å². The van der Waals surface area contributed by atoms with Gasteiger partial charge in [-0.3, -0.25) is 5.01 Å². The molecular weight excluding hydrogens is 416 g/mol. The van der Waals surface area contributed by atoms with Crippen molar-refractivity contribution in [2.45, 2.75) is 57.5 Å². The van der Waals surface area contributed by atoms with Gasteiger partial charge in [-0.2, -0.15) is 19.8 Å². The molecule has 4 heterocycles. The number of nitrogens with zero attached hydrogens (tertiary/aromatic N) is 9. The summed E-state index contributed by atoms with van der Waals surface area (Å²) in [6.45, 7) is 4.21. The molecule has 168 valence electrons.